The van der Waals surface area contributed by atoms with Crippen molar-refractivity contribution >= 4 is 17.7 Å². The third kappa shape index (κ3) is 3.33. The highest BCUT2D eigenvalue weighted by Gasteiger charge is 2.34. The van der Waals surface area contributed by atoms with Gasteiger partial charge < -0.3 is 14.4 Å². The number of thioether (sulfide) groups is 1. The van der Waals surface area contributed by atoms with E-state index in [1.807, 2.05) is 24.3 Å². The lowest BCUT2D eigenvalue weighted by Gasteiger charge is -2.26. The van der Waals surface area contributed by atoms with Crippen molar-refractivity contribution in [1.29, 1.82) is 0 Å². The Labute approximate surface area is 144 Å². The van der Waals surface area contributed by atoms with Gasteiger partial charge >= 0.3 is 0 Å². The Balaban J connectivity index is 1.93. The fraction of sp³-hybridized carbons (Fsp3) is 0.278. The second-order valence-corrected chi connectivity index (χ2v) is 6.49. The number of nitrogens with zero attached hydrogens (tertiary/aromatic N) is 1. The molecule has 2 aromatic rings. The minimum Gasteiger partial charge on any atom is -0.497 e. The van der Waals surface area contributed by atoms with Crippen LogP contribution in [0.1, 0.15) is 16.5 Å². The smallest absolute Gasteiger partial charge is 0.234 e. The highest BCUT2D eigenvalue weighted by atomic mass is 32.2. The second-order valence-electron chi connectivity index (χ2n) is 5.42. The van der Waals surface area contributed by atoms with Gasteiger partial charge in [0.2, 0.25) is 5.91 Å². The molecule has 0 aliphatic carbocycles. The van der Waals surface area contributed by atoms with E-state index in [-0.39, 0.29) is 17.1 Å². The lowest BCUT2D eigenvalue weighted by Crippen LogP contribution is -2.28. The first kappa shape index (κ1) is 16.6. The Morgan fingerprint density at radius 1 is 1.21 bits per heavy atom. The molecule has 1 fully saturated rings. The molecule has 4 nitrogen and oxygen atoms in total. The molecule has 0 bridgehead atoms. The van der Waals surface area contributed by atoms with Crippen LogP contribution in [0.2, 0.25) is 0 Å². The molecule has 1 amide bonds. The van der Waals surface area contributed by atoms with Crippen LogP contribution < -0.4 is 9.47 Å². The van der Waals surface area contributed by atoms with Crippen molar-refractivity contribution in [3.8, 4) is 11.5 Å². The van der Waals surface area contributed by atoms with Crippen LogP contribution in [0.5, 0.6) is 11.5 Å². The molecule has 0 aromatic heterocycles. The van der Waals surface area contributed by atoms with Gasteiger partial charge in [0.1, 0.15) is 22.7 Å². The standard InChI is InChI=1S/C18H18FNO3S/c1-22-14-6-7-16(23-2)15(9-14)18-20(17(21)11-24-18)10-12-4-3-5-13(19)8-12/h3-9,18H,10-11H2,1-2H3. The van der Waals surface area contributed by atoms with E-state index in [0.29, 0.717) is 23.8 Å². The van der Waals surface area contributed by atoms with Crippen molar-refractivity contribution in [2.45, 2.75) is 11.9 Å². The number of rotatable bonds is 5. The van der Waals surface area contributed by atoms with Crippen molar-refractivity contribution in [2.24, 2.45) is 0 Å². The lowest BCUT2D eigenvalue weighted by atomic mass is 10.1. The molecule has 126 valence electrons. The van der Waals surface area contributed by atoms with Crippen LogP contribution in [-0.4, -0.2) is 30.8 Å². The van der Waals surface area contributed by atoms with E-state index in [4.69, 9.17) is 9.47 Å². The molecular weight excluding hydrogens is 329 g/mol. The second kappa shape index (κ2) is 7.13. The van der Waals surface area contributed by atoms with Crippen LogP contribution in [-0.2, 0) is 11.3 Å². The van der Waals surface area contributed by atoms with Gasteiger partial charge in [-0.15, -0.1) is 11.8 Å². The summed E-state index contributed by atoms with van der Waals surface area (Å²) in [5, 5.41) is -0.189. The molecule has 6 heteroatoms. The average molecular weight is 347 g/mol. The number of carbonyl (C=O) groups is 1. The van der Waals surface area contributed by atoms with E-state index in [1.54, 1.807) is 25.2 Å². The first-order chi connectivity index (χ1) is 11.6. The third-order valence-electron chi connectivity index (χ3n) is 3.91. The molecule has 1 aliphatic rings. The summed E-state index contributed by atoms with van der Waals surface area (Å²) in [5.74, 6) is 1.52. The lowest BCUT2D eigenvalue weighted by molar-refractivity contribution is -0.128. The quantitative estimate of drug-likeness (QED) is 0.828. The van der Waals surface area contributed by atoms with Crippen molar-refractivity contribution in [2.75, 3.05) is 20.0 Å². The van der Waals surface area contributed by atoms with Crippen molar-refractivity contribution in [3.63, 3.8) is 0 Å². The summed E-state index contributed by atoms with van der Waals surface area (Å²) < 4.78 is 24.2. The fourth-order valence-corrected chi connectivity index (χ4v) is 3.95. The van der Waals surface area contributed by atoms with E-state index in [0.717, 1.165) is 11.1 Å². The van der Waals surface area contributed by atoms with Gasteiger partial charge in [-0.2, -0.15) is 0 Å². The Bertz CT molecular complexity index is 753. The molecule has 1 saturated heterocycles. The van der Waals surface area contributed by atoms with Gasteiger partial charge in [-0.3, -0.25) is 4.79 Å². The third-order valence-corrected chi connectivity index (χ3v) is 5.15. The van der Waals surface area contributed by atoms with Gasteiger partial charge in [0.25, 0.3) is 0 Å². The molecule has 1 heterocycles. The number of carbonyl (C=O) groups excluding carboxylic acids is 1. The van der Waals surface area contributed by atoms with Gasteiger partial charge in [0, 0.05) is 12.1 Å². The summed E-state index contributed by atoms with van der Waals surface area (Å²) in [7, 11) is 3.20. The highest BCUT2D eigenvalue weighted by molar-refractivity contribution is 8.00. The summed E-state index contributed by atoms with van der Waals surface area (Å²) in [6, 6.07) is 11.9. The molecule has 0 radical (unpaired) electrons. The van der Waals surface area contributed by atoms with Crippen molar-refractivity contribution in [1.82, 2.24) is 4.90 Å². The molecule has 2 aromatic carbocycles. The molecular formula is C18H18FNO3S. The monoisotopic (exact) mass is 347 g/mol. The van der Waals surface area contributed by atoms with E-state index in [1.165, 1.54) is 23.9 Å². The Morgan fingerprint density at radius 2 is 2.04 bits per heavy atom. The Hall–Kier alpha value is -2.21. The summed E-state index contributed by atoms with van der Waals surface area (Å²) in [5.41, 5.74) is 1.64. The maximum absolute atomic E-state index is 13.4. The first-order valence-corrected chi connectivity index (χ1v) is 8.54. The molecule has 0 saturated carbocycles. The minimum atomic E-state index is -0.303. The number of ether oxygens (including phenoxy) is 2. The summed E-state index contributed by atoms with van der Waals surface area (Å²) in [6.07, 6.45) is 0. The molecule has 1 unspecified atom stereocenters. The van der Waals surface area contributed by atoms with Crippen LogP contribution in [0.3, 0.4) is 0 Å². The van der Waals surface area contributed by atoms with Gasteiger partial charge in [-0.1, -0.05) is 12.1 Å². The summed E-state index contributed by atoms with van der Waals surface area (Å²) in [4.78, 5) is 14.1. The largest absolute Gasteiger partial charge is 0.497 e. The molecule has 0 N–H and O–H groups in total. The average Bonchev–Trinajstić information content (AvgIpc) is 2.95. The van der Waals surface area contributed by atoms with Crippen LogP contribution >= 0.6 is 11.8 Å². The zero-order valence-electron chi connectivity index (χ0n) is 13.5. The normalized spacial score (nSPS) is 17.2. The first-order valence-electron chi connectivity index (χ1n) is 7.50. The Morgan fingerprint density at radius 3 is 2.75 bits per heavy atom. The number of benzene rings is 2. The molecule has 24 heavy (non-hydrogen) atoms. The van der Waals surface area contributed by atoms with Crippen LogP contribution in [0.25, 0.3) is 0 Å². The molecule has 0 spiro atoms. The van der Waals surface area contributed by atoms with E-state index in [9.17, 15) is 9.18 Å². The van der Waals surface area contributed by atoms with Crippen LogP contribution in [0.15, 0.2) is 42.5 Å². The molecule has 3 rings (SSSR count). The zero-order valence-corrected chi connectivity index (χ0v) is 14.3. The molecule has 1 atom stereocenters. The predicted molar refractivity (Wildman–Crippen MR) is 91.7 cm³/mol. The SMILES string of the molecule is COc1ccc(OC)c(C2SCC(=O)N2Cc2cccc(F)c2)c1. The van der Waals surface area contributed by atoms with Crippen LogP contribution in [0.4, 0.5) is 4.39 Å². The number of hydrogen-bond acceptors (Lipinski definition) is 4. The van der Waals surface area contributed by atoms with E-state index >= 15 is 0 Å². The topological polar surface area (TPSA) is 38.8 Å². The fourth-order valence-electron chi connectivity index (χ4n) is 2.75. The number of amides is 1. The van der Waals surface area contributed by atoms with E-state index < -0.39 is 0 Å². The van der Waals surface area contributed by atoms with Gasteiger partial charge in [0.05, 0.1) is 20.0 Å². The van der Waals surface area contributed by atoms with E-state index in [2.05, 4.69) is 0 Å². The number of halogens is 1. The van der Waals surface area contributed by atoms with Gasteiger partial charge in [-0.05, 0) is 35.9 Å². The Kier molecular flexibility index (Phi) is 4.94. The van der Waals surface area contributed by atoms with Gasteiger partial charge in [0.15, 0.2) is 0 Å². The van der Waals surface area contributed by atoms with Crippen molar-refractivity contribution in [3.05, 3.63) is 59.4 Å². The maximum atomic E-state index is 13.4. The summed E-state index contributed by atoms with van der Waals surface area (Å²) in [6.45, 7) is 0.356. The number of methoxy groups -OCH3 is 2. The van der Waals surface area contributed by atoms with Gasteiger partial charge in [-0.25, -0.2) is 4.39 Å². The summed E-state index contributed by atoms with van der Waals surface area (Å²) >= 11 is 1.53. The predicted octanol–water partition coefficient (Wildman–Crippen LogP) is 3.62. The van der Waals surface area contributed by atoms with Crippen LogP contribution in [0, 0.1) is 5.82 Å². The minimum absolute atomic E-state index is 0.0270. The number of hydrogen-bond donors (Lipinski definition) is 0. The zero-order chi connectivity index (χ0) is 17.1. The van der Waals surface area contributed by atoms with Crippen molar-refractivity contribution < 1.29 is 18.7 Å². The highest BCUT2D eigenvalue weighted by Crippen LogP contribution is 2.44. The molecule has 1 aliphatic heterocycles. The maximum Gasteiger partial charge on any atom is 0.234 e.